The van der Waals surface area contributed by atoms with Crippen molar-refractivity contribution < 1.29 is 9.53 Å². The van der Waals surface area contributed by atoms with Crippen LogP contribution in [0.1, 0.15) is 38.1 Å². The topological polar surface area (TPSA) is 66.1 Å². The summed E-state index contributed by atoms with van der Waals surface area (Å²) < 4.78 is 9.39. The molecule has 2 heterocycles. The van der Waals surface area contributed by atoms with Gasteiger partial charge in [0.05, 0.1) is 24.4 Å². The number of benzene rings is 2. The number of carbonyl (C=O) groups is 1. The summed E-state index contributed by atoms with van der Waals surface area (Å²) in [6.07, 6.45) is 10.1. The maximum atomic E-state index is 13.1. The number of hydrogen-bond acceptors (Lipinski definition) is 4. The summed E-state index contributed by atoms with van der Waals surface area (Å²) in [6, 6.07) is 14.0. The molecule has 0 amide bonds. The molecule has 1 fully saturated rings. The molecule has 1 aliphatic rings. The SMILES string of the molecule is C=O.COc1cc2nn(C3CCCCC3)cc2cc1-n1ccc2ccccc2c1=O. The first-order valence-corrected chi connectivity index (χ1v) is 10.2. The Hall–Kier alpha value is -3.41. The van der Waals surface area contributed by atoms with Gasteiger partial charge in [-0.05, 0) is 36.4 Å². The molecule has 0 aliphatic heterocycles. The lowest BCUT2D eigenvalue weighted by molar-refractivity contribution is -0.0979. The van der Waals surface area contributed by atoms with Gasteiger partial charge in [0.2, 0.25) is 0 Å². The summed E-state index contributed by atoms with van der Waals surface area (Å²) in [6.45, 7) is 2.00. The second kappa shape index (κ2) is 8.53. The van der Waals surface area contributed by atoms with Crippen LogP contribution in [0.3, 0.4) is 0 Å². The molecule has 1 aliphatic carbocycles. The predicted octanol–water partition coefficient (Wildman–Crippen LogP) is 4.67. The molecule has 154 valence electrons. The summed E-state index contributed by atoms with van der Waals surface area (Å²) in [5.41, 5.74) is 1.60. The van der Waals surface area contributed by atoms with Crippen LogP contribution in [-0.2, 0) is 4.79 Å². The first kappa shape index (κ1) is 19.9. The lowest BCUT2D eigenvalue weighted by atomic mass is 9.96. The van der Waals surface area contributed by atoms with Crippen LogP contribution in [-0.4, -0.2) is 28.2 Å². The van der Waals surface area contributed by atoms with Crippen LogP contribution in [0.2, 0.25) is 0 Å². The maximum Gasteiger partial charge on any atom is 0.263 e. The van der Waals surface area contributed by atoms with Gasteiger partial charge in [-0.15, -0.1) is 0 Å². The van der Waals surface area contributed by atoms with E-state index in [1.54, 1.807) is 11.7 Å². The van der Waals surface area contributed by atoms with Gasteiger partial charge >= 0.3 is 0 Å². The largest absolute Gasteiger partial charge is 0.494 e. The Labute approximate surface area is 174 Å². The van der Waals surface area contributed by atoms with Crippen LogP contribution in [0, 0.1) is 0 Å². The summed E-state index contributed by atoms with van der Waals surface area (Å²) in [5, 5.41) is 7.47. The molecule has 0 unspecified atom stereocenters. The molecule has 5 rings (SSSR count). The average molecular weight is 403 g/mol. The van der Waals surface area contributed by atoms with Gasteiger partial charge in [-0.1, -0.05) is 37.5 Å². The molecule has 0 atom stereocenters. The molecule has 4 aromatic rings. The quantitative estimate of drug-likeness (QED) is 0.499. The van der Waals surface area contributed by atoms with Crippen LogP contribution in [0.25, 0.3) is 27.4 Å². The van der Waals surface area contributed by atoms with Gasteiger partial charge in [0.25, 0.3) is 5.56 Å². The van der Waals surface area contributed by atoms with Crippen LogP contribution in [0.15, 0.2) is 59.7 Å². The van der Waals surface area contributed by atoms with E-state index in [0.717, 1.165) is 22.0 Å². The summed E-state index contributed by atoms with van der Waals surface area (Å²) >= 11 is 0. The predicted molar refractivity (Wildman–Crippen MR) is 119 cm³/mol. The number of methoxy groups -OCH3 is 1. The van der Waals surface area contributed by atoms with Crippen molar-refractivity contribution in [2.45, 2.75) is 38.1 Å². The monoisotopic (exact) mass is 403 g/mol. The molecule has 0 spiro atoms. The van der Waals surface area contributed by atoms with Gasteiger partial charge in [0, 0.05) is 29.2 Å². The fourth-order valence-electron chi connectivity index (χ4n) is 4.32. The fourth-order valence-corrected chi connectivity index (χ4v) is 4.32. The van der Waals surface area contributed by atoms with Crippen molar-refractivity contribution in [2.75, 3.05) is 7.11 Å². The van der Waals surface area contributed by atoms with Crippen molar-refractivity contribution >= 4 is 28.5 Å². The number of rotatable bonds is 3. The highest BCUT2D eigenvalue weighted by atomic mass is 16.5. The van der Waals surface area contributed by atoms with E-state index in [9.17, 15) is 4.79 Å². The fraction of sp³-hybridized carbons (Fsp3) is 0.292. The van der Waals surface area contributed by atoms with Crippen molar-refractivity contribution in [3.63, 3.8) is 0 Å². The zero-order chi connectivity index (χ0) is 21.1. The number of carbonyl (C=O) groups excluding carboxylic acids is 1. The smallest absolute Gasteiger partial charge is 0.263 e. The maximum absolute atomic E-state index is 13.1. The summed E-state index contributed by atoms with van der Waals surface area (Å²) in [4.78, 5) is 21.1. The average Bonchev–Trinajstić information content (AvgIpc) is 3.24. The highest BCUT2D eigenvalue weighted by Crippen LogP contribution is 2.32. The van der Waals surface area contributed by atoms with E-state index in [2.05, 4.69) is 10.9 Å². The van der Waals surface area contributed by atoms with Crippen LogP contribution >= 0.6 is 0 Å². The van der Waals surface area contributed by atoms with E-state index < -0.39 is 0 Å². The number of hydrogen-bond donors (Lipinski definition) is 0. The van der Waals surface area contributed by atoms with E-state index in [-0.39, 0.29) is 5.56 Å². The molecule has 0 N–H and O–H groups in total. The Kier molecular flexibility index (Phi) is 5.65. The van der Waals surface area contributed by atoms with Gasteiger partial charge < -0.3 is 9.53 Å². The molecule has 6 heteroatoms. The molecular formula is C24H25N3O3. The lowest BCUT2D eigenvalue weighted by Crippen LogP contribution is -2.18. The minimum absolute atomic E-state index is 0.0459. The zero-order valence-corrected chi connectivity index (χ0v) is 17.1. The first-order valence-electron chi connectivity index (χ1n) is 10.2. The van der Waals surface area contributed by atoms with Crippen molar-refractivity contribution in [3.8, 4) is 11.4 Å². The second-order valence-corrected chi connectivity index (χ2v) is 7.56. The van der Waals surface area contributed by atoms with Crippen molar-refractivity contribution in [2.24, 2.45) is 0 Å². The van der Waals surface area contributed by atoms with E-state index in [4.69, 9.17) is 14.6 Å². The molecule has 30 heavy (non-hydrogen) atoms. The standard InChI is InChI=1S/C23H23N3O2.CH2O/c1-28-22-14-20-17(15-26(24-20)18-8-3-2-4-9-18)13-21(22)25-12-11-16-7-5-6-10-19(16)23(25)27;1-2/h5-7,10-15,18H,2-4,8-9H2,1H3;1H2. The molecule has 0 saturated heterocycles. The minimum Gasteiger partial charge on any atom is -0.494 e. The Balaban J connectivity index is 0.00000106. The van der Waals surface area contributed by atoms with Crippen LogP contribution < -0.4 is 10.3 Å². The number of fused-ring (bicyclic) bond motifs is 2. The van der Waals surface area contributed by atoms with Crippen molar-refractivity contribution in [3.05, 3.63) is 65.2 Å². The van der Waals surface area contributed by atoms with E-state index in [0.29, 0.717) is 17.2 Å². The normalized spacial score (nSPS) is 14.4. The van der Waals surface area contributed by atoms with Gasteiger partial charge in [0.1, 0.15) is 12.5 Å². The van der Waals surface area contributed by atoms with Gasteiger partial charge in [-0.3, -0.25) is 14.0 Å². The number of nitrogens with zero attached hydrogens (tertiary/aromatic N) is 3. The molecule has 6 nitrogen and oxygen atoms in total. The Morgan fingerprint density at radius 1 is 1.03 bits per heavy atom. The molecule has 0 radical (unpaired) electrons. The highest BCUT2D eigenvalue weighted by Gasteiger charge is 2.18. The third-order valence-electron chi connectivity index (χ3n) is 5.84. The van der Waals surface area contributed by atoms with Gasteiger partial charge in [-0.25, -0.2) is 0 Å². The molecular weight excluding hydrogens is 378 g/mol. The summed E-state index contributed by atoms with van der Waals surface area (Å²) in [5.74, 6) is 0.652. The van der Waals surface area contributed by atoms with Crippen molar-refractivity contribution in [1.29, 1.82) is 0 Å². The third-order valence-corrected chi connectivity index (χ3v) is 5.84. The third kappa shape index (κ3) is 3.49. The van der Waals surface area contributed by atoms with E-state index in [1.807, 2.05) is 55.5 Å². The lowest BCUT2D eigenvalue weighted by Gasteiger charge is -2.21. The molecule has 2 aromatic carbocycles. The Bertz CT molecular complexity index is 1240. The second-order valence-electron chi connectivity index (χ2n) is 7.56. The van der Waals surface area contributed by atoms with Crippen LogP contribution in [0.4, 0.5) is 0 Å². The Morgan fingerprint density at radius 3 is 2.57 bits per heavy atom. The number of ether oxygens (including phenoxy) is 1. The Morgan fingerprint density at radius 2 is 1.80 bits per heavy atom. The van der Waals surface area contributed by atoms with Crippen molar-refractivity contribution in [1.82, 2.24) is 14.3 Å². The minimum atomic E-state index is -0.0459. The molecule has 0 bridgehead atoms. The zero-order valence-electron chi connectivity index (χ0n) is 17.1. The van der Waals surface area contributed by atoms with Gasteiger partial charge in [-0.2, -0.15) is 5.10 Å². The molecule has 1 saturated carbocycles. The van der Waals surface area contributed by atoms with E-state index in [1.165, 1.54) is 32.1 Å². The highest BCUT2D eigenvalue weighted by molar-refractivity contribution is 5.85. The van der Waals surface area contributed by atoms with E-state index >= 15 is 0 Å². The number of aromatic nitrogens is 3. The van der Waals surface area contributed by atoms with Crippen LogP contribution in [0.5, 0.6) is 5.75 Å². The number of pyridine rings is 1. The summed E-state index contributed by atoms with van der Waals surface area (Å²) in [7, 11) is 1.63. The van der Waals surface area contributed by atoms with Gasteiger partial charge in [0.15, 0.2) is 0 Å². The molecule has 2 aromatic heterocycles. The first-order chi connectivity index (χ1) is 14.7.